The van der Waals surface area contributed by atoms with Crippen LogP contribution in [0, 0.1) is 5.92 Å². The molecule has 0 unspecified atom stereocenters. The maximum absolute atomic E-state index is 12.5. The molecule has 4 rings (SSSR count). The molecule has 41 heavy (non-hydrogen) atoms. The van der Waals surface area contributed by atoms with Crippen molar-refractivity contribution in [2.24, 2.45) is 5.92 Å². The molecule has 6 nitrogen and oxygen atoms in total. The van der Waals surface area contributed by atoms with Crippen LogP contribution in [-0.2, 0) is 38.7 Å². The Morgan fingerprint density at radius 1 is 0.707 bits per heavy atom. The van der Waals surface area contributed by atoms with Crippen LogP contribution in [0.5, 0.6) is 11.5 Å². The molecule has 0 bridgehead atoms. The number of carbonyl (C=O) groups is 2. The Hall–Kier alpha value is -4.84. The summed E-state index contributed by atoms with van der Waals surface area (Å²) in [4.78, 5) is 24.9. The van der Waals surface area contributed by atoms with Gasteiger partial charge in [0, 0.05) is 17.2 Å². The van der Waals surface area contributed by atoms with Gasteiger partial charge in [-0.25, -0.2) is 0 Å². The van der Waals surface area contributed by atoms with Crippen molar-refractivity contribution in [3.63, 3.8) is 0 Å². The fraction of sp³-hybridized carbons (Fsp3) is 0.200. The molecule has 0 N–H and O–H groups in total. The molecular weight excluding hydrogens is 516 g/mol. The average molecular weight is 551 g/mol. The molecule has 0 heterocycles. The Balaban J connectivity index is 1.89. The van der Waals surface area contributed by atoms with E-state index in [2.05, 4.69) is 0 Å². The highest BCUT2D eigenvalue weighted by Crippen LogP contribution is 2.42. The van der Waals surface area contributed by atoms with E-state index < -0.39 is 17.9 Å². The third-order valence-electron chi connectivity index (χ3n) is 6.66. The Morgan fingerprint density at radius 2 is 1.20 bits per heavy atom. The SMILES string of the molecule is CCc1c(OCc2ccccc2)cc(OCc2ccccc2)c(-c2ccccc2)c1C=CC(C(=O)OC)C(=O)OC. The maximum atomic E-state index is 12.5. The second-order valence-corrected chi connectivity index (χ2v) is 9.29. The quantitative estimate of drug-likeness (QED) is 0.139. The van der Waals surface area contributed by atoms with E-state index in [-0.39, 0.29) is 0 Å². The molecule has 4 aromatic rings. The lowest BCUT2D eigenvalue weighted by Crippen LogP contribution is -2.24. The molecule has 0 aliphatic heterocycles. The summed E-state index contributed by atoms with van der Waals surface area (Å²) >= 11 is 0. The van der Waals surface area contributed by atoms with Crippen molar-refractivity contribution in [3.8, 4) is 22.6 Å². The zero-order valence-electron chi connectivity index (χ0n) is 23.5. The largest absolute Gasteiger partial charge is 0.488 e. The van der Waals surface area contributed by atoms with Gasteiger partial charge in [-0.3, -0.25) is 9.59 Å². The van der Waals surface area contributed by atoms with Crippen molar-refractivity contribution in [2.75, 3.05) is 14.2 Å². The summed E-state index contributed by atoms with van der Waals surface area (Å²) in [6.07, 6.45) is 3.91. The average Bonchev–Trinajstić information content (AvgIpc) is 3.03. The first kappa shape index (κ1) is 29.2. The predicted molar refractivity (Wildman–Crippen MR) is 159 cm³/mol. The van der Waals surface area contributed by atoms with Crippen LogP contribution >= 0.6 is 0 Å². The van der Waals surface area contributed by atoms with Gasteiger partial charge in [0.05, 0.1) is 14.2 Å². The number of hydrogen-bond donors (Lipinski definition) is 0. The minimum atomic E-state index is -1.22. The third-order valence-corrected chi connectivity index (χ3v) is 6.66. The van der Waals surface area contributed by atoms with Gasteiger partial charge in [0.15, 0.2) is 5.92 Å². The van der Waals surface area contributed by atoms with Crippen LogP contribution < -0.4 is 9.47 Å². The molecule has 0 aromatic heterocycles. The zero-order chi connectivity index (χ0) is 29.0. The van der Waals surface area contributed by atoms with E-state index in [4.69, 9.17) is 18.9 Å². The fourth-order valence-electron chi connectivity index (χ4n) is 4.56. The number of carbonyl (C=O) groups excluding carboxylic acids is 2. The van der Waals surface area contributed by atoms with Gasteiger partial charge in [0.2, 0.25) is 0 Å². The van der Waals surface area contributed by atoms with E-state index >= 15 is 0 Å². The van der Waals surface area contributed by atoms with Gasteiger partial charge in [0.25, 0.3) is 0 Å². The number of hydrogen-bond acceptors (Lipinski definition) is 6. The van der Waals surface area contributed by atoms with Crippen LogP contribution in [0.3, 0.4) is 0 Å². The summed E-state index contributed by atoms with van der Waals surface area (Å²) in [5.41, 5.74) is 5.50. The fourth-order valence-corrected chi connectivity index (χ4v) is 4.56. The van der Waals surface area contributed by atoms with Gasteiger partial charge in [-0.2, -0.15) is 0 Å². The first-order valence-corrected chi connectivity index (χ1v) is 13.5. The molecule has 0 spiro atoms. The van der Waals surface area contributed by atoms with Crippen LogP contribution in [0.25, 0.3) is 17.2 Å². The maximum Gasteiger partial charge on any atom is 0.323 e. The second-order valence-electron chi connectivity index (χ2n) is 9.29. The number of methoxy groups -OCH3 is 2. The monoisotopic (exact) mass is 550 g/mol. The van der Waals surface area contributed by atoms with Gasteiger partial charge in [-0.1, -0.05) is 110 Å². The molecule has 0 aliphatic rings. The van der Waals surface area contributed by atoms with Crippen molar-refractivity contribution < 1.29 is 28.5 Å². The van der Waals surface area contributed by atoms with Gasteiger partial charge >= 0.3 is 11.9 Å². The third kappa shape index (κ3) is 7.42. The summed E-state index contributed by atoms with van der Waals surface area (Å²) in [6, 6.07) is 31.7. The minimum Gasteiger partial charge on any atom is -0.488 e. The topological polar surface area (TPSA) is 71.1 Å². The van der Waals surface area contributed by atoms with E-state index in [9.17, 15) is 9.59 Å². The molecule has 0 atom stereocenters. The molecule has 0 radical (unpaired) electrons. The van der Waals surface area contributed by atoms with E-state index in [1.165, 1.54) is 20.3 Å². The Morgan fingerprint density at radius 3 is 1.68 bits per heavy atom. The molecule has 0 amide bonds. The lowest BCUT2D eigenvalue weighted by atomic mass is 9.91. The highest BCUT2D eigenvalue weighted by molar-refractivity contribution is 5.98. The van der Waals surface area contributed by atoms with Crippen LogP contribution in [0.2, 0.25) is 0 Å². The Bertz CT molecular complexity index is 1450. The molecule has 6 heteroatoms. The summed E-state index contributed by atoms with van der Waals surface area (Å²) < 4.78 is 22.6. The molecule has 210 valence electrons. The van der Waals surface area contributed by atoms with E-state index in [1.54, 1.807) is 6.08 Å². The van der Waals surface area contributed by atoms with E-state index in [0.717, 1.165) is 33.4 Å². The summed E-state index contributed by atoms with van der Waals surface area (Å²) in [7, 11) is 2.49. The Labute approximate surface area is 241 Å². The highest BCUT2D eigenvalue weighted by atomic mass is 16.5. The van der Waals surface area contributed by atoms with E-state index in [1.807, 2.05) is 104 Å². The first-order chi connectivity index (χ1) is 20.0. The van der Waals surface area contributed by atoms with Crippen LogP contribution in [-0.4, -0.2) is 26.2 Å². The number of esters is 2. The standard InChI is InChI=1S/C35H34O6/c1-4-28-29(20-21-30(34(36)38-2)35(37)39-3)33(27-18-12-7-13-19-27)32(41-24-26-16-10-6-11-17-26)22-31(28)40-23-25-14-8-5-9-15-25/h5-22,30H,4,23-24H2,1-3H3. The van der Waals surface area contributed by atoms with Crippen molar-refractivity contribution in [2.45, 2.75) is 26.6 Å². The summed E-state index contributed by atoms with van der Waals surface area (Å²) in [5, 5.41) is 0. The smallest absolute Gasteiger partial charge is 0.323 e. The number of rotatable bonds is 12. The predicted octanol–water partition coefficient (Wildman–Crippen LogP) is 7.05. The molecule has 0 fully saturated rings. The van der Waals surface area contributed by atoms with Crippen molar-refractivity contribution in [1.82, 2.24) is 0 Å². The van der Waals surface area contributed by atoms with Gasteiger partial charge in [-0.05, 0) is 28.7 Å². The molecule has 0 saturated carbocycles. The zero-order valence-corrected chi connectivity index (χ0v) is 23.5. The molecule has 4 aromatic carbocycles. The van der Waals surface area contributed by atoms with Gasteiger partial charge < -0.3 is 18.9 Å². The van der Waals surface area contributed by atoms with E-state index in [0.29, 0.717) is 31.1 Å². The minimum absolute atomic E-state index is 0.348. The normalized spacial score (nSPS) is 10.9. The summed E-state index contributed by atoms with van der Waals surface area (Å²) in [6.45, 7) is 2.76. The second kappa shape index (κ2) is 14.5. The van der Waals surface area contributed by atoms with Crippen molar-refractivity contribution in [1.29, 1.82) is 0 Å². The lowest BCUT2D eigenvalue weighted by Gasteiger charge is -2.22. The number of benzene rings is 4. The Kier molecular flexibility index (Phi) is 10.3. The van der Waals surface area contributed by atoms with Crippen LogP contribution in [0.15, 0.2) is 103 Å². The van der Waals surface area contributed by atoms with Gasteiger partial charge in [0.1, 0.15) is 24.7 Å². The molecule has 0 saturated heterocycles. The van der Waals surface area contributed by atoms with Crippen molar-refractivity contribution >= 4 is 18.0 Å². The first-order valence-electron chi connectivity index (χ1n) is 13.5. The summed E-state index contributed by atoms with van der Waals surface area (Å²) in [5.74, 6) is -1.35. The molecule has 0 aliphatic carbocycles. The highest BCUT2D eigenvalue weighted by Gasteiger charge is 2.27. The van der Waals surface area contributed by atoms with Crippen molar-refractivity contribution in [3.05, 3.63) is 125 Å². The van der Waals surface area contributed by atoms with Crippen LogP contribution in [0.1, 0.15) is 29.2 Å². The lowest BCUT2D eigenvalue weighted by molar-refractivity contribution is -0.156. The van der Waals surface area contributed by atoms with Crippen LogP contribution in [0.4, 0.5) is 0 Å². The van der Waals surface area contributed by atoms with Gasteiger partial charge in [-0.15, -0.1) is 0 Å². The number of ether oxygens (including phenoxy) is 4. The molecular formula is C35H34O6.